The molecule has 43 heavy (non-hydrogen) atoms. The number of rotatable bonds is 7. The largest absolute Gasteiger partial charge is 0.470 e. The van der Waals surface area contributed by atoms with Gasteiger partial charge in [-0.3, -0.25) is 19.4 Å². The SMILES string of the molecule is CC#Cc1csc2cncc(C(C#N)NC=O)c12.C[C@H](CC(=O)N1CC2C(C1)C2(C)C)OC1(C)CC1.NC(=O)C(F)(F)F. The van der Waals surface area contributed by atoms with Crippen molar-refractivity contribution in [2.45, 2.75) is 77.8 Å². The highest BCUT2D eigenvalue weighted by molar-refractivity contribution is 7.17. The van der Waals surface area contributed by atoms with Crippen LogP contribution in [0.25, 0.3) is 10.1 Å². The van der Waals surface area contributed by atoms with E-state index in [4.69, 9.17) is 14.8 Å². The third-order valence-corrected chi connectivity index (χ3v) is 9.02. The van der Waals surface area contributed by atoms with Gasteiger partial charge >= 0.3 is 12.1 Å². The average Bonchev–Trinajstić information content (AvgIpc) is 3.54. The molecule has 2 saturated carbocycles. The molecule has 3 N–H and O–H groups in total. The first kappa shape index (κ1) is 33.8. The van der Waals surface area contributed by atoms with Gasteiger partial charge in [-0.15, -0.1) is 17.3 Å². The normalized spacial score (nSPS) is 21.6. The molecule has 0 radical (unpaired) electrons. The fraction of sp³-hybridized carbons (Fsp3) is 0.567. The lowest BCUT2D eigenvalue weighted by atomic mass is 10.0. The van der Waals surface area contributed by atoms with Gasteiger partial charge in [-0.25, -0.2) is 0 Å². The lowest BCUT2D eigenvalue weighted by Gasteiger charge is -2.25. The number of amides is 3. The van der Waals surface area contributed by atoms with Crippen LogP contribution in [-0.4, -0.2) is 59.1 Å². The summed E-state index contributed by atoms with van der Waals surface area (Å²) in [6.07, 6.45) is 1.90. The van der Waals surface area contributed by atoms with Crippen molar-refractivity contribution < 1.29 is 32.3 Å². The number of piperidine rings is 1. The molecule has 4 atom stereocenters. The minimum absolute atomic E-state index is 0.0648. The molecule has 1 saturated heterocycles. The Kier molecular flexibility index (Phi) is 10.5. The highest BCUT2D eigenvalue weighted by atomic mass is 32.1. The monoisotopic (exact) mass is 619 g/mol. The topological polar surface area (TPSA) is 138 Å². The molecular formula is C30H36F3N5O4S. The number of aromatic nitrogens is 1. The Hall–Kier alpha value is -3.68. The van der Waals surface area contributed by atoms with E-state index >= 15 is 0 Å². The number of carbonyl (C=O) groups is 3. The molecule has 2 aliphatic carbocycles. The predicted molar refractivity (Wildman–Crippen MR) is 155 cm³/mol. The van der Waals surface area contributed by atoms with E-state index in [0.717, 1.165) is 53.4 Å². The molecule has 3 fully saturated rings. The number of nitriles is 1. The molecule has 5 rings (SSSR count). The number of halogens is 3. The number of ether oxygens (including phenoxy) is 1. The molecule has 3 aliphatic rings. The van der Waals surface area contributed by atoms with Gasteiger partial charge in [-0.2, -0.15) is 18.4 Å². The van der Waals surface area contributed by atoms with Gasteiger partial charge in [-0.05, 0) is 50.9 Å². The summed E-state index contributed by atoms with van der Waals surface area (Å²) in [6, 6.07) is 1.34. The number of hydrogen-bond donors (Lipinski definition) is 2. The van der Waals surface area contributed by atoms with Gasteiger partial charge in [-0.1, -0.05) is 19.8 Å². The number of alkyl halides is 3. The zero-order valence-corrected chi connectivity index (χ0v) is 25.6. The molecule has 3 amide bonds. The molecule has 0 spiro atoms. The van der Waals surface area contributed by atoms with Crippen molar-refractivity contribution in [3.8, 4) is 17.9 Å². The Labute approximate surface area is 252 Å². The predicted octanol–water partition coefficient (Wildman–Crippen LogP) is 4.46. The summed E-state index contributed by atoms with van der Waals surface area (Å²) in [5.41, 5.74) is 5.92. The number of primary amides is 1. The number of thiophene rings is 1. The minimum atomic E-state index is -4.86. The maximum absolute atomic E-state index is 12.2. The Balaban J connectivity index is 0.000000194. The highest BCUT2D eigenvalue weighted by Crippen LogP contribution is 2.62. The van der Waals surface area contributed by atoms with Crippen LogP contribution in [0.2, 0.25) is 0 Å². The van der Waals surface area contributed by atoms with Crippen LogP contribution in [-0.2, 0) is 19.1 Å². The molecule has 0 aromatic carbocycles. The van der Waals surface area contributed by atoms with Crippen molar-refractivity contribution in [2.75, 3.05) is 13.1 Å². The molecule has 3 heterocycles. The second kappa shape index (κ2) is 13.3. The molecule has 0 bridgehead atoms. The summed E-state index contributed by atoms with van der Waals surface area (Å²) in [6.45, 7) is 12.5. The van der Waals surface area contributed by atoms with E-state index in [2.05, 4.69) is 53.5 Å². The maximum atomic E-state index is 12.2. The quantitative estimate of drug-likeness (QED) is 0.347. The molecule has 2 aromatic heterocycles. The number of nitrogens with two attached hydrogens (primary N) is 1. The van der Waals surface area contributed by atoms with Crippen LogP contribution in [0.15, 0.2) is 17.8 Å². The number of fused-ring (bicyclic) bond motifs is 2. The van der Waals surface area contributed by atoms with E-state index in [-0.39, 0.29) is 17.6 Å². The van der Waals surface area contributed by atoms with Crippen LogP contribution in [0, 0.1) is 40.4 Å². The van der Waals surface area contributed by atoms with Gasteiger partial charge < -0.3 is 20.7 Å². The van der Waals surface area contributed by atoms with Crippen molar-refractivity contribution in [3.63, 3.8) is 0 Å². The summed E-state index contributed by atoms with van der Waals surface area (Å²) < 4.78 is 39.0. The Morgan fingerprint density at radius 2 is 1.88 bits per heavy atom. The number of nitrogens with zero attached hydrogens (tertiary/aromatic N) is 3. The molecule has 13 heteroatoms. The maximum Gasteiger partial charge on any atom is 0.470 e. The van der Waals surface area contributed by atoms with Gasteiger partial charge in [0.05, 0.1) is 28.9 Å². The van der Waals surface area contributed by atoms with Crippen molar-refractivity contribution >= 4 is 39.6 Å². The van der Waals surface area contributed by atoms with Crippen LogP contribution in [0.5, 0.6) is 0 Å². The smallest absolute Gasteiger partial charge is 0.372 e. The Bertz CT molecular complexity index is 1440. The van der Waals surface area contributed by atoms with Crippen molar-refractivity contribution in [1.82, 2.24) is 15.2 Å². The number of carbonyl (C=O) groups excluding carboxylic acids is 3. The molecular weight excluding hydrogens is 583 g/mol. The summed E-state index contributed by atoms with van der Waals surface area (Å²) in [4.78, 5) is 38.0. The zero-order chi connectivity index (χ0) is 32.2. The van der Waals surface area contributed by atoms with Crippen LogP contribution in [0.3, 0.4) is 0 Å². The number of nitrogens with one attached hydrogen (secondary N) is 1. The van der Waals surface area contributed by atoms with Gasteiger partial charge in [0.1, 0.15) is 6.04 Å². The fourth-order valence-electron chi connectivity index (χ4n) is 5.26. The molecule has 2 aromatic rings. The molecule has 232 valence electrons. The number of pyridine rings is 1. The first-order valence-electron chi connectivity index (χ1n) is 13.8. The number of likely N-dealkylation sites (tertiary alicyclic amines) is 1. The lowest BCUT2D eigenvalue weighted by Crippen LogP contribution is -2.35. The van der Waals surface area contributed by atoms with Crippen molar-refractivity contribution in [1.29, 1.82) is 5.26 Å². The first-order chi connectivity index (χ1) is 20.1. The van der Waals surface area contributed by atoms with E-state index in [1.54, 1.807) is 19.3 Å². The molecule has 9 nitrogen and oxygen atoms in total. The van der Waals surface area contributed by atoms with E-state index < -0.39 is 18.1 Å². The van der Waals surface area contributed by atoms with Gasteiger partial charge in [0, 0.05) is 47.4 Å². The Morgan fingerprint density at radius 3 is 2.37 bits per heavy atom. The average molecular weight is 620 g/mol. The summed E-state index contributed by atoms with van der Waals surface area (Å²) in [5, 5.41) is 14.4. The third-order valence-electron chi connectivity index (χ3n) is 8.10. The van der Waals surface area contributed by atoms with E-state index in [9.17, 15) is 22.8 Å². The lowest BCUT2D eigenvalue weighted by molar-refractivity contribution is -0.169. The summed E-state index contributed by atoms with van der Waals surface area (Å²) >= 11 is 1.52. The van der Waals surface area contributed by atoms with E-state index in [0.29, 0.717) is 23.8 Å². The van der Waals surface area contributed by atoms with Gasteiger partial charge in [0.25, 0.3) is 0 Å². The van der Waals surface area contributed by atoms with Crippen LogP contribution < -0.4 is 11.1 Å². The molecule has 1 aliphatic heterocycles. The second-order valence-electron chi connectivity index (χ2n) is 11.8. The summed E-state index contributed by atoms with van der Waals surface area (Å²) in [7, 11) is 0. The van der Waals surface area contributed by atoms with Crippen molar-refractivity contribution in [3.05, 3.63) is 28.9 Å². The Morgan fingerprint density at radius 1 is 1.28 bits per heavy atom. The fourth-order valence-corrected chi connectivity index (χ4v) is 6.15. The molecule has 3 unspecified atom stereocenters. The van der Waals surface area contributed by atoms with Crippen LogP contribution >= 0.6 is 11.3 Å². The van der Waals surface area contributed by atoms with E-state index in [1.165, 1.54) is 11.3 Å². The highest BCUT2D eigenvalue weighted by Gasteiger charge is 2.62. The van der Waals surface area contributed by atoms with Crippen molar-refractivity contribution in [2.24, 2.45) is 23.0 Å². The second-order valence-corrected chi connectivity index (χ2v) is 12.7. The van der Waals surface area contributed by atoms with Gasteiger partial charge in [0.2, 0.25) is 12.3 Å². The zero-order valence-electron chi connectivity index (χ0n) is 24.7. The van der Waals surface area contributed by atoms with Crippen LogP contribution in [0.4, 0.5) is 13.2 Å². The minimum Gasteiger partial charge on any atom is -0.372 e. The van der Waals surface area contributed by atoms with Crippen LogP contribution in [0.1, 0.15) is 71.0 Å². The third kappa shape index (κ3) is 8.46. The van der Waals surface area contributed by atoms with E-state index in [1.807, 2.05) is 18.4 Å². The first-order valence-corrected chi connectivity index (χ1v) is 14.6. The number of hydrogen-bond acceptors (Lipinski definition) is 7. The summed E-state index contributed by atoms with van der Waals surface area (Å²) in [5.74, 6) is 5.37. The van der Waals surface area contributed by atoms with Gasteiger partial charge in [0.15, 0.2) is 0 Å². The standard InChI is InChI=1S/C15H25NO2.C13H9N3OS.C2H2F3NO/c1-10(18-15(4)5-6-15)7-13(17)16-8-11-12(9-16)14(11,2)3;1-2-3-9-7-18-12-6-15-5-10(13(9)12)11(4-14)16-8-17;3-2(4,5)1(6)7/h10-12H,5-9H2,1-4H3;5-8,11H,1H3,(H,16,17);(H2,6,7)/t10-,11?,12?;;/m1../s1.